The number of aryl methyl sites for hydroxylation is 1. The number of anilines is 1. The van der Waals surface area contributed by atoms with Crippen LogP contribution >= 0.6 is 0 Å². The molecule has 3 aromatic carbocycles. The molecule has 1 aliphatic rings. The SMILES string of the molecule is COc1cc(C(=O)NS(=O)(=O)c2ccccc2C)ccc1Cc1c[nH]c2ccc(NC(=O)OC3(O)CCCC3)cc12. The number of H-pyrrole nitrogens is 1. The number of aromatic nitrogens is 1. The molecule has 4 N–H and O–H groups in total. The first-order chi connectivity index (χ1) is 19.6. The molecule has 1 saturated carbocycles. The minimum atomic E-state index is -4.05. The molecule has 1 aliphatic carbocycles. The van der Waals surface area contributed by atoms with Crippen LogP contribution in [0.5, 0.6) is 5.75 Å². The van der Waals surface area contributed by atoms with Crippen molar-refractivity contribution in [1.82, 2.24) is 9.71 Å². The van der Waals surface area contributed by atoms with E-state index in [-0.39, 0.29) is 10.5 Å². The first-order valence-corrected chi connectivity index (χ1v) is 14.7. The number of rotatable bonds is 8. The van der Waals surface area contributed by atoms with Gasteiger partial charge in [-0.15, -0.1) is 0 Å². The molecule has 0 atom stereocenters. The fraction of sp³-hybridized carbons (Fsp3) is 0.267. The summed E-state index contributed by atoms with van der Waals surface area (Å²) in [6.07, 6.45) is 4.03. The third-order valence-corrected chi connectivity index (χ3v) is 8.71. The fourth-order valence-corrected chi connectivity index (χ4v) is 6.30. The maximum atomic E-state index is 12.9. The van der Waals surface area contributed by atoms with E-state index in [0.717, 1.165) is 34.9 Å². The van der Waals surface area contributed by atoms with E-state index >= 15 is 0 Å². The zero-order chi connectivity index (χ0) is 29.2. The Balaban J connectivity index is 1.32. The second-order valence-electron chi connectivity index (χ2n) is 10.1. The molecule has 10 nitrogen and oxygen atoms in total. The van der Waals surface area contributed by atoms with Gasteiger partial charge in [-0.3, -0.25) is 10.1 Å². The van der Waals surface area contributed by atoms with Crippen molar-refractivity contribution in [1.29, 1.82) is 0 Å². The fourth-order valence-electron chi connectivity index (χ4n) is 5.08. The molecule has 0 aliphatic heterocycles. The van der Waals surface area contributed by atoms with Gasteiger partial charge in [0.25, 0.3) is 15.9 Å². The van der Waals surface area contributed by atoms with E-state index in [4.69, 9.17) is 9.47 Å². The minimum Gasteiger partial charge on any atom is -0.496 e. The molecule has 2 amide bonds. The topological polar surface area (TPSA) is 147 Å². The summed E-state index contributed by atoms with van der Waals surface area (Å²) in [7, 11) is -2.58. The number of benzene rings is 3. The van der Waals surface area contributed by atoms with Gasteiger partial charge >= 0.3 is 6.09 Å². The van der Waals surface area contributed by atoms with Crippen molar-refractivity contribution in [2.75, 3.05) is 12.4 Å². The Morgan fingerprint density at radius 1 is 1.02 bits per heavy atom. The number of nitrogens with one attached hydrogen (secondary N) is 3. The predicted molar refractivity (Wildman–Crippen MR) is 153 cm³/mol. The van der Waals surface area contributed by atoms with Crippen molar-refractivity contribution in [3.05, 3.63) is 89.1 Å². The zero-order valence-electron chi connectivity index (χ0n) is 22.7. The number of amides is 2. The highest BCUT2D eigenvalue weighted by Gasteiger charge is 2.35. The van der Waals surface area contributed by atoms with Gasteiger partial charge in [0.2, 0.25) is 5.79 Å². The Morgan fingerprint density at radius 3 is 2.51 bits per heavy atom. The van der Waals surface area contributed by atoms with Crippen molar-refractivity contribution in [3.8, 4) is 5.75 Å². The van der Waals surface area contributed by atoms with Crippen LogP contribution in [0.25, 0.3) is 10.9 Å². The molecular formula is C30H31N3O7S. The molecule has 1 aromatic heterocycles. The summed E-state index contributed by atoms with van der Waals surface area (Å²) in [5.41, 5.74) is 3.71. The average Bonchev–Trinajstić information content (AvgIpc) is 3.54. The normalized spacial score (nSPS) is 14.5. The molecule has 11 heteroatoms. The van der Waals surface area contributed by atoms with Crippen LogP contribution in [0.2, 0.25) is 0 Å². The van der Waals surface area contributed by atoms with Gasteiger partial charge in [0.05, 0.1) is 12.0 Å². The van der Waals surface area contributed by atoms with Crippen molar-refractivity contribution < 1.29 is 32.6 Å². The molecule has 0 bridgehead atoms. The van der Waals surface area contributed by atoms with E-state index in [1.165, 1.54) is 19.2 Å². The van der Waals surface area contributed by atoms with Crippen LogP contribution in [0.4, 0.5) is 10.5 Å². The number of aliphatic hydroxyl groups is 1. The summed E-state index contributed by atoms with van der Waals surface area (Å²) < 4.78 is 38.5. The van der Waals surface area contributed by atoms with E-state index in [9.17, 15) is 23.1 Å². The molecule has 0 spiro atoms. The lowest BCUT2D eigenvalue weighted by atomic mass is 10.0. The maximum absolute atomic E-state index is 12.9. The molecule has 0 radical (unpaired) electrons. The van der Waals surface area contributed by atoms with Gasteiger partial charge in [0.15, 0.2) is 0 Å². The first-order valence-electron chi connectivity index (χ1n) is 13.2. The molecule has 41 heavy (non-hydrogen) atoms. The summed E-state index contributed by atoms with van der Waals surface area (Å²) in [5.74, 6) is -1.77. The van der Waals surface area contributed by atoms with Crippen molar-refractivity contribution in [3.63, 3.8) is 0 Å². The number of fused-ring (bicyclic) bond motifs is 1. The van der Waals surface area contributed by atoms with Gasteiger partial charge in [-0.05, 0) is 72.9 Å². The van der Waals surface area contributed by atoms with Crippen LogP contribution in [0.3, 0.4) is 0 Å². The van der Waals surface area contributed by atoms with Gasteiger partial charge in [-0.2, -0.15) is 0 Å². The maximum Gasteiger partial charge on any atom is 0.414 e. The number of hydrogen-bond acceptors (Lipinski definition) is 7. The molecule has 5 rings (SSSR count). The van der Waals surface area contributed by atoms with Crippen molar-refractivity contribution in [2.24, 2.45) is 0 Å². The molecule has 1 heterocycles. The Morgan fingerprint density at radius 2 is 1.78 bits per heavy atom. The first kappa shape index (κ1) is 28.2. The van der Waals surface area contributed by atoms with Crippen LogP contribution in [-0.2, 0) is 21.2 Å². The van der Waals surface area contributed by atoms with E-state index < -0.39 is 27.8 Å². The van der Waals surface area contributed by atoms with Crippen LogP contribution in [0.15, 0.2) is 71.8 Å². The number of aromatic amines is 1. The lowest BCUT2D eigenvalue weighted by Crippen LogP contribution is -2.33. The van der Waals surface area contributed by atoms with Crippen LogP contribution in [0.1, 0.15) is 52.7 Å². The summed E-state index contributed by atoms with van der Waals surface area (Å²) in [6, 6.07) is 16.6. The lowest BCUT2D eigenvalue weighted by Gasteiger charge is -2.22. The van der Waals surface area contributed by atoms with Gasteiger partial charge in [0.1, 0.15) is 5.75 Å². The minimum absolute atomic E-state index is 0.0350. The second-order valence-corrected chi connectivity index (χ2v) is 11.8. The average molecular weight is 578 g/mol. The van der Waals surface area contributed by atoms with Crippen LogP contribution < -0.4 is 14.8 Å². The van der Waals surface area contributed by atoms with Crippen molar-refractivity contribution >= 4 is 38.6 Å². The Bertz CT molecular complexity index is 1720. The highest BCUT2D eigenvalue weighted by Crippen LogP contribution is 2.32. The van der Waals surface area contributed by atoms with Gasteiger partial charge in [-0.1, -0.05) is 24.3 Å². The summed E-state index contributed by atoms with van der Waals surface area (Å²) >= 11 is 0. The Hall–Kier alpha value is -4.35. The highest BCUT2D eigenvalue weighted by atomic mass is 32.2. The van der Waals surface area contributed by atoms with E-state index in [0.29, 0.717) is 36.3 Å². The quantitative estimate of drug-likeness (QED) is 0.215. The van der Waals surface area contributed by atoms with Gasteiger partial charge in [0, 0.05) is 47.6 Å². The van der Waals surface area contributed by atoms with Gasteiger partial charge in [-0.25, -0.2) is 17.9 Å². The molecule has 0 unspecified atom stereocenters. The predicted octanol–water partition coefficient (Wildman–Crippen LogP) is 5.01. The molecule has 4 aromatic rings. The summed E-state index contributed by atoms with van der Waals surface area (Å²) in [4.78, 5) is 28.5. The van der Waals surface area contributed by atoms with E-state index in [1.54, 1.807) is 43.3 Å². The third-order valence-electron chi connectivity index (χ3n) is 7.22. The van der Waals surface area contributed by atoms with Crippen molar-refractivity contribution in [2.45, 2.75) is 49.7 Å². The molecule has 0 saturated heterocycles. The molecular weight excluding hydrogens is 546 g/mol. The standard InChI is InChI=1S/C30H31N3O7S/c1-19-7-3-4-8-27(19)41(37,38)33-28(34)21-10-9-20(26(16-21)39-2)15-22-18-31-25-12-11-23(17-24(22)25)32-29(35)40-30(36)13-5-6-14-30/h3-4,7-12,16-18,31,36H,5-6,13-15H2,1-2H3,(H,32,35)(H,33,34). The molecule has 1 fully saturated rings. The number of carbonyl (C=O) groups is 2. The number of methoxy groups -OCH3 is 1. The number of ether oxygens (including phenoxy) is 2. The number of hydrogen-bond donors (Lipinski definition) is 4. The van der Waals surface area contributed by atoms with Crippen LogP contribution in [0, 0.1) is 6.92 Å². The monoisotopic (exact) mass is 577 g/mol. The lowest BCUT2D eigenvalue weighted by molar-refractivity contribution is -0.151. The van der Waals surface area contributed by atoms with Crippen LogP contribution in [-0.4, -0.2) is 43.4 Å². The zero-order valence-corrected chi connectivity index (χ0v) is 23.5. The third kappa shape index (κ3) is 6.21. The van der Waals surface area contributed by atoms with Gasteiger partial charge < -0.3 is 19.6 Å². The second kappa shape index (κ2) is 11.3. The highest BCUT2D eigenvalue weighted by molar-refractivity contribution is 7.90. The van der Waals surface area contributed by atoms with E-state index in [1.807, 2.05) is 18.3 Å². The Kier molecular flexibility index (Phi) is 7.74. The Labute approximate surface area is 237 Å². The summed E-state index contributed by atoms with van der Waals surface area (Å²) in [6.45, 7) is 1.66. The molecule has 214 valence electrons. The smallest absolute Gasteiger partial charge is 0.414 e. The van der Waals surface area contributed by atoms with E-state index in [2.05, 4.69) is 15.0 Å². The number of carbonyl (C=O) groups excluding carboxylic acids is 2. The summed E-state index contributed by atoms with van der Waals surface area (Å²) in [5, 5.41) is 13.9. The largest absolute Gasteiger partial charge is 0.496 e. The number of sulfonamides is 1.